The average molecular weight is 469 g/mol. The third kappa shape index (κ3) is 5.28. The lowest BCUT2D eigenvalue weighted by Gasteiger charge is -1.97. The number of halogens is 1. The number of carbonyl (C=O) groups excluding carboxylic acids is 1. The first-order chi connectivity index (χ1) is 12.7. The fourth-order valence-corrected chi connectivity index (χ4v) is 5.98. The number of thiophene rings is 3. The summed E-state index contributed by atoms with van der Waals surface area (Å²) in [5, 5.41) is 4.11. The Kier molecular flexibility index (Phi) is 7.49. The summed E-state index contributed by atoms with van der Waals surface area (Å²) in [6.45, 7) is 2.25. The minimum Gasteiger partial charge on any atom is -0.317 e. The monoisotopic (exact) mass is 467 g/mol. The van der Waals surface area contributed by atoms with Gasteiger partial charge in [0.25, 0.3) is 0 Å². The van der Waals surface area contributed by atoms with Gasteiger partial charge in [0.05, 0.1) is 10.3 Å². The van der Waals surface area contributed by atoms with Gasteiger partial charge in [0.2, 0.25) is 5.91 Å². The maximum atomic E-state index is 11.5. The molecule has 3 aromatic rings. The first-order valence-corrected chi connectivity index (χ1v) is 12.4. The van der Waals surface area contributed by atoms with E-state index in [9.17, 15) is 4.79 Å². The van der Waals surface area contributed by atoms with Crippen molar-refractivity contribution in [3.05, 3.63) is 41.3 Å². The topological polar surface area (TPSA) is 29.1 Å². The molecule has 0 aliphatic heterocycles. The first-order valence-electron chi connectivity index (χ1n) is 8.84. The van der Waals surface area contributed by atoms with Gasteiger partial charge in [-0.15, -0.1) is 34.0 Å². The smallest absolute Gasteiger partial charge is 0.235 e. The number of hydrogen-bond donors (Lipinski definition) is 1. The van der Waals surface area contributed by atoms with E-state index in [1.807, 2.05) is 28.7 Å². The zero-order valence-corrected chi connectivity index (χ0v) is 18.8. The molecule has 0 saturated heterocycles. The highest BCUT2D eigenvalue weighted by Gasteiger charge is 2.10. The van der Waals surface area contributed by atoms with Crippen molar-refractivity contribution in [3.8, 4) is 19.5 Å². The molecule has 3 heterocycles. The van der Waals surface area contributed by atoms with E-state index in [1.54, 1.807) is 11.3 Å². The highest BCUT2D eigenvalue weighted by Crippen LogP contribution is 2.41. The molecule has 2 nitrogen and oxygen atoms in total. The van der Waals surface area contributed by atoms with Crippen LogP contribution in [0, 0.1) is 0 Å². The van der Waals surface area contributed by atoms with Crippen LogP contribution in [0.5, 0.6) is 0 Å². The predicted molar refractivity (Wildman–Crippen MR) is 121 cm³/mol. The molecule has 138 valence electrons. The molecule has 0 aromatic carbocycles. The summed E-state index contributed by atoms with van der Waals surface area (Å²) in [5.41, 5.74) is 0. The Labute approximate surface area is 175 Å². The second-order valence-corrected chi connectivity index (χ2v) is 9.98. The van der Waals surface area contributed by atoms with E-state index < -0.39 is 0 Å². The molecule has 0 saturated carbocycles. The summed E-state index contributed by atoms with van der Waals surface area (Å²) < 4.78 is 0. The quantitative estimate of drug-likeness (QED) is 0.253. The number of unbranched alkanes of at least 4 members (excludes halogenated alkanes) is 3. The van der Waals surface area contributed by atoms with Gasteiger partial charge < -0.3 is 5.32 Å². The number of aryl methyl sites for hydroxylation is 1. The van der Waals surface area contributed by atoms with E-state index in [4.69, 9.17) is 0 Å². The highest BCUT2D eigenvalue weighted by molar-refractivity contribution is 9.09. The summed E-state index contributed by atoms with van der Waals surface area (Å²) in [7, 11) is 0. The van der Waals surface area contributed by atoms with Crippen molar-refractivity contribution < 1.29 is 4.79 Å². The van der Waals surface area contributed by atoms with Crippen LogP contribution >= 0.6 is 49.9 Å². The van der Waals surface area contributed by atoms with Crippen LogP contribution in [0.1, 0.15) is 37.5 Å². The van der Waals surface area contributed by atoms with E-state index in [0.29, 0.717) is 5.33 Å². The van der Waals surface area contributed by atoms with Crippen molar-refractivity contribution in [2.45, 2.75) is 39.0 Å². The van der Waals surface area contributed by atoms with E-state index >= 15 is 0 Å². The van der Waals surface area contributed by atoms with Crippen molar-refractivity contribution in [3.63, 3.8) is 0 Å². The fraction of sp³-hybridized carbons (Fsp3) is 0.350. The predicted octanol–water partition coefficient (Wildman–Crippen LogP) is 7.66. The zero-order chi connectivity index (χ0) is 18.4. The molecule has 0 spiro atoms. The molecule has 0 bridgehead atoms. The molecule has 0 aliphatic rings. The Hall–Kier alpha value is -0.950. The van der Waals surface area contributed by atoms with Gasteiger partial charge in [-0.25, -0.2) is 0 Å². The SMILES string of the molecule is CCCCCCc1ccc(-c2ccc(-c3ccc(NC(=O)CBr)s3)s2)s1. The second-order valence-electron chi connectivity index (χ2n) is 6.09. The van der Waals surface area contributed by atoms with Crippen LogP contribution in [0.3, 0.4) is 0 Å². The largest absolute Gasteiger partial charge is 0.317 e. The lowest BCUT2D eigenvalue weighted by Crippen LogP contribution is -2.10. The second kappa shape index (κ2) is 9.83. The van der Waals surface area contributed by atoms with Gasteiger partial charge in [0, 0.05) is 24.4 Å². The van der Waals surface area contributed by atoms with Crippen LogP contribution in [-0.2, 0) is 11.2 Å². The summed E-state index contributed by atoms with van der Waals surface area (Å²) in [5.74, 6) is -0.0182. The van der Waals surface area contributed by atoms with Crippen LogP contribution in [0.2, 0.25) is 0 Å². The summed E-state index contributed by atoms with van der Waals surface area (Å²) in [6.07, 6.45) is 6.45. The van der Waals surface area contributed by atoms with Gasteiger partial charge in [-0.1, -0.05) is 42.1 Å². The molecule has 3 aromatic heterocycles. The van der Waals surface area contributed by atoms with Crippen molar-refractivity contribution in [2.24, 2.45) is 0 Å². The Morgan fingerprint density at radius 2 is 1.54 bits per heavy atom. The molecule has 0 atom stereocenters. The van der Waals surface area contributed by atoms with Gasteiger partial charge >= 0.3 is 0 Å². The average Bonchev–Trinajstić information content (AvgIpc) is 3.38. The summed E-state index contributed by atoms with van der Waals surface area (Å²) in [4.78, 5) is 18.1. The number of rotatable bonds is 9. The van der Waals surface area contributed by atoms with Crippen LogP contribution in [0.4, 0.5) is 5.00 Å². The summed E-state index contributed by atoms with van der Waals surface area (Å²) in [6, 6.07) is 13.0. The minimum absolute atomic E-state index is 0.0182. The number of amides is 1. The normalized spacial score (nSPS) is 11.0. The number of alkyl halides is 1. The third-order valence-electron chi connectivity index (χ3n) is 4.02. The molecule has 0 radical (unpaired) electrons. The van der Waals surface area contributed by atoms with Gasteiger partial charge in [0.1, 0.15) is 0 Å². The molecule has 0 aliphatic carbocycles. The Morgan fingerprint density at radius 1 is 0.885 bits per heavy atom. The summed E-state index contributed by atoms with van der Waals surface area (Å²) >= 11 is 8.54. The van der Waals surface area contributed by atoms with Crippen molar-refractivity contribution in [1.29, 1.82) is 0 Å². The fourth-order valence-electron chi connectivity index (χ4n) is 2.68. The number of nitrogens with one attached hydrogen (secondary N) is 1. The third-order valence-corrected chi connectivity index (χ3v) is 8.15. The van der Waals surface area contributed by atoms with Crippen LogP contribution in [0.15, 0.2) is 36.4 Å². The Balaban J connectivity index is 1.64. The van der Waals surface area contributed by atoms with Gasteiger partial charge in [-0.2, -0.15) is 0 Å². The van der Waals surface area contributed by atoms with E-state index in [0.717, 1.165) is 5.00 Å². The highest BCUT2D eigenvalue weighted by atomic mass is 79.9. The minimum atomic E-state index is -0.0182. The van der Waals surface area contributed by atoms with Gasteiger partial charge in [0.15, 0.2) is 0 Å². The molecular weight excluding hydrogens is 446 g/mol. The maximum absolute atomic E-state index is 11.5. The molecule has 3 rings (SSSR count). The van der Waals surface area contributed by atoms with Crippen LogP contribution in [0.25, 0.3) is 19.5 Å². The van der Waals surface area contributed by atoms with Gasteiger partial charge in [-0.3, -0.25) is 4.79 Å². The van der Waals surface area contributed by atoms with Crippen molar-refractivity contribution in [1.82, 2.24) is 0 Å². The molecule has 26 heavy (non-hydrogen) atoms. The maximum Gasteiger partial charge on any atom is 0.235 e. The number of anilines is 1. The molecular formula is C20H22BrNOS3. The van der Waals surface area contributed by atoms with E-state index in [-0.39, 0.29) is 5.91 Å². The van der Waals surface area contributed by atoms with Crippen LogP contribution < -0.4 is 5.32 Å². The molecule has 1 amide bonds. The number of hydrogen-bond acceptors (Lipinski definition) is 4. The van der Waals surface area contributed by atoms with Crippen LogP contribution in [-0.4, -0.2) is 11.2 Å². The van der Waals surface area contributed by atoms with Crippen molar-refractivity contribution >= 4 is 60.8 Å². The standard InChI is InChI=1S/C20H22BrNOS3/c1-2-3-4-5-6-14-7-8-15(24-14)16-9-10-17(25-16)18-11-12-20(26-18)22-19(23)13-21/h7-12H,2-6,13H2,1H3,(H,22,23). The lowest BCUT2D eigenvalue weighted by molar-refractivity contribution is -0.113. The van der Waals surface area contributed by atoms with Gasteiger partial charge in [-0.05, 0) is 49.2 Å². The number of carbonyl (C=O) groups is 1. The molecule has 6 heteroatoms. The molecule has 0 fully saturated rings. The lowest BCUT2D eigenvalue weighted by atomic mass is 10.1. The zero-order valence-electron chi connectivity index (χ0n) is 14.7. The Morgan fingerprint density at radius 3 is 2.27 bits per heavy atom. The van der Waals surface area contributed by atoms with E-state index in [2.05, 4.69) is 58.5 Å². The molecule has 1 N–H and O–H groups in total. The first kappa shape index (κ1) is 19.8. The van der Waals surface area contributed by atoms with E-state index in [1.165, 1.54) is 56.5 Å². The van der Waals surface area contributed by atoms with Crippen molar-refractivity contribution in [2.75, 3.05) is 10.6 Å². The molecule has 0 unspecified atom stereocenters. The Bertz CT molecular complexity index is 849.